The highest BCUT2D eigenvalue weighted by molar-refractivity contribution is 6.31. The summed E-state index contributed by atoms with van der Waals surface area (Å²) in [6.07, 6.45) is 0.982. The van der Waals surface area contributed by atoms with Gasteiger partial charge in [-0.3, -0.25) is 0 Å². The summed E-state index contributed by atoms with van der Waals surface area (Å²) < 4.78 is 0. The second-order valence-electron chi connectivity index (χ2n) is 3.49. The molecule has 1 aromatic rings. The van der Waals surface area contributed by atoms with Crippen LogP contribution in [0.3, 0.4) is 0 Å². The first kappa shape index (κ1) is 10.6. The van der Waals surface area contributed by atoms with Crippen molar-refractivity contribution in [3.05, 3.63) is 34.3 Å². The van der Waals surface area contributed by atoms with Gasteiger partial charge in [0.2, 0.25) is 0 Å². The molecule has 0 aliphatic heterocycles. The highest BCUT2D eigenvalue weighted by Crippen LogP contribution is 2.18. The Morgan fingerprint density at radius 1 is 1.46 bits per heavy atom. The van der Waals surface area contributed by atoms with Crippen LogP contribution in [0.25, 0.3) is 0 Å². The second kappa shape index (κ2) is 4.64. The fourth-order valence-corrected chi connectivity index (χ4v) is 1.56. The summed E-state index contributed by atoms with van der Waals surface area (Å²) in [6.45, 7) is 4.20. The van der Waals surface area contributed by atoms with E-state index in [2.05, 4.69) is 31.3 Å². The van der Waals surface area contributed by atoms with Gasteiger partial charge in [-0.05, 0) is 44.5 Å². The van der Waals surface area contributed by atoms with Gasteiger partial charge in [-0.25, -0.2) is 0 Å². The van der Waals surface area contributed by atoms with Gasteiger partial charge in [0.25, 0.3) is 0 Å². The lowest BCUT2D eigenvalue weighted by molar-refractivity contribution is 0.608. The molecule has 0 bridgehead atoms. The van der Waals surface area contributed by atoms with E-state index in [1.54, 1.807) is 0 Å². The van der Waals surface area contributed by atoms with Crippen LogP contribution in [0.2, 0.25) is 5.02 Å². The molecule has 0 heterocycles. The highest BCUT2D eigenvalue weighted by atomic mass is 35.5. The van der Waals surface area contributed by atoms with Crippen LogP contribution < -0.4 is 5.32 Å². The molecule has 1 aromatic carbocycles. The van der Waals surface area contributed by atoms with Crippen molar-refractivity contribution in [1.29, 1.82) is 0 Å². The molecule has 1 nitrogen and oxygen atoms in total. The Kier molecular flexibility index (Phi) is 3.76. The number of likely N-dealkylation sites (N-methyl/N-ethyl adjacent to an activating group) is 1. The molecule has 0 fully saturated rings. The Labute approximate surface area is 85.1 Å². The van der Waals surface area contributed by atoms with Crippen molar-refractivity contribution in [2.75, 3.05) is 7.05 Å². The summed E-state index contributed by atoms with van der Waals surface area (Å²) in [4.78, 5) is 0. The zero-order chi connectivity index (χ0) is 9.84. The van der Waals surface area contributed by atoms with Crippen LogP contribution in [0, 0.1) is 6.92 Å². The van der Waals surface area contributed by atoms with Crippen LogP contribution in [-0.2, 0) is 6.42 Å². The minimum atomic E-state index is 0.472. The standard InChI is InChI=1S/C11H16ClN/c1-8-4-5-10(11(12)6-8)7-9(2)13-3/h4-6,9,13H,7H2,1-3H3. The van der Waals surface area contributed by atoms with Gasteiger partial charge in [-0.15, -0.1) is 0 Å². The van der Waals surface area contributed by atoms with Gasteiger partial charge in [-0.1, -0.05) is 23.7 Å². The molecule has 0 spiro atoms. The van der Waals surface area contributed by atoms with Gasteiger partial charge >= 0.3 is 0 Å². The van der Waals surface area contributed by atoms with Gasteiger partial charge in [0, 0.05) is 11.1 Å². The summed E-state index contributed by atoms with van der Waals surface area (Å²) in [5, 5.41) is 4.07. The fraction of sp³-hybridized carbons (Fsp3) is 0.455. The van der Waals surface area contributed by atoms with Gasteiger partial charge < -0.3 is 5.32 Å². The monoisotopic (exact) mass is 197 g/mol. The lowest BCUT2D eigenvalue weighted by Gasteiger charge is -2.11. The molecule has 1 unspecified atom stereocenters. The van der Waals surface area contributed by atoms with E-state index >= 15 is 0 Å². The number of hydrogen-bond donors (Lipinski definition) is 1. The molecule has 1 atom stereocenters. The van der Waals surface area contributed by atoms with Crippen LogP contribution in [0.5, 0.6) is 0 Å². The highest BCUT2D eigenvalue weighted by Gasteiger charge is 2.04. The number of benzene rings is 1. The van der Waals surface area contributed by atoms with Crippen molar-refractivity contribution in [2.45, 2.75) is 26.3 Å². The first-order valence-corrected chi connectivity index (χ1v) is 4.93. The minimum Gasteiger partial charge on any atom is -0.317 e. The topological polar surface area (TPSA) is 12.0 Å². The number of rotatable bonds is 3. The number of aryl methyl sites for hydroxylation is 1. The van der Waals surface area contributed by atoms with E-state index in [4.69, 9.17) is 11.6 Å². The molecule has 0 amide bonds. The molecular formula is C11H16ClN. The molecule has 0 aromatic heterocycles. The molecule has 1 rings (SSSR count). The Hall–Kier alpha value is -0.530. The lowest BCUT2D eigenvalue weighted by atomic mass is 10.1. The van der Waals surface area contributed by atoms with E-state index in [9.17, 15) is 0 Å². The molecular weight excluding hydrogens is 182 g/mol. The van der Waals surface area contributed by atoms with Gasteiger partial charge in [0.05, 0.1) is 0 Å². The van der Waals surface area contributed by atoms with Crippen LogP contribution >= 0.6 is 11.6 Å². The molecule has 0 saturated heterocycles. The Balaban J connectivity index is 2.77. The maximum atomic E-state index is 6.10. The van der Waals surface area contributed by atoms with E-state index in [-0.39, 0.29) is 0 Å². The van der Waals surface area contributed by atoms with Crippen molar-refractivity contribution in [1.82, 2.24) is 5.32 Å². The Morgan fingerprint density at radius 2 is 2.15 bits per heavy atom. The largest absolute Gasteiger partial charge is 0.317 e. The van der Waals surface area contributed by atoms with Crippen LogP contribution in [0.15, 0.2) is 18.2 Å². The maximum Gasteiger partial charge on any atom is 0.0441 e. The molecule has 0 aliphatic carbocycles. The van der Waals surface area contributed by atoms with Crippen molar-refractivity contribution >= 4 is 11.6 Å². The van der Waals surface area contributed by atoms with Gasteiger partial charge in [0.1, 0.15) is 0 Å². The van der Waals surface area contributed by atoms with E-state index in [1.807, 2.05) is 13.1 Å². The third kappa shape index (κ3) is 3.02. The third-order valence-corrected chi connectivity index (χ3v) is 2.58. The van der Waals surface area contributed by atoms with Crippen molar-refractivity contribution < 1.29 is 0 Å². The molecule has 0 aliphatic rings. The minimum absolute atomic E-state index is 0.472. The molecule has 72 valence electrons. The van der Waals surface area contributed by atoms with E-state index in [0.717, 1.165) is 11.4 Å². The van der Waals surface area contributed by atoms with Crippen molar-refractivity contribution in [2.24, 2.45) is 0 Å². The van der Waals surface area contributed by atoms with Crippen LogP contribution in [-0.4, -0.2) is 13.1 Å². The SMILES string of the molecule is CNC(C)Cc1ccc(C)cc1Cl. The van der Waals surface area contributed by atoms with Gasteiger partial charge in [-0.2, -0.15) is 0 Å². The summed E-state index contributed by atoms with van der Waals surface area (Å²) in [5.74, 6) is 0. The smallest absolute Gasteiger partial charge is 0.0441 e. The summed E-state index contributed by atoms with van der Waals surface area (Å²) >= 11 is 6.10. The third-order valence-electron chi connectivity index (χ3n) is 2.23. The lowest BCUT2D eigenvalue weighted by Crippen LogP contribution is -2.23. The second-order valence-corrected chi connectivity index (χ2v) is 3.90. The van der Waals surface area contributed by atoms with Crippen molar-refractivity contribution in [3.8, 4) is 0 Å². The molecule has 13 heavy (non-hydrogen) atoms. The van der Waals surface area contributed by atoms with E-state index in [1.165, 1.54) is 11.1 Å². The first-order valence-electron chi connectivity index (χ1n) is 4.55. The van der Waals surface area contributed by atoms with Crippen molar-refractivity contribution in [3.63, 3.8) is 0 Å². The number of hydrogen-bond acceptors (Lipinski definition) is 1. The normalized spacial score (nSPS) is 12.9. The average molecular weight is 198 g/mol. The molecule has 0 saturated carbocycles. The van der Waals surface area contributed by atoms with Crippen LogP contribution in [0.4, 0.5) is 0 Å². The maximum absolute atomic E-state index is 6.10. The average Bonchev–Trinajstić information content (AvgIpc) is 2.09. The Bertz CT molecular complexity index is 283. The molecule has 2 heteroatoms. The first-order chi connectivity index (χ1) is 6.13. The van der Waals surface area contributed by atoms with Gasteiger partial charge in [0.15, 0.2) is 0 Å². The Morgan fingerprint density at radius 3 is 2.69 bits per heavy atom. The molecule has 0 radical (unpaired) electrons. The zero-order valence-corrected chi connectivity index (χ0v) is 9.15. The van der Waals surface area contributed by atoms with E-state index < -0.39 is 0 Å². The molecule has 1 N–H and O–H groups in total. The predicted octanol–water partition coefficient (Wildman–Crippen LogP) is 2.80. The van der Waals surface area contributed by atoms with E-state index in [0.29, 0.717) is 6.04 Å². The van der Waals surface area contributed by atoms with Crippen LogP contribution in [0.1, 0.15) is 18.1 Å². The summed E-state index contributed by atoms with van der Waals surface area (Å²) in [5.41, 5.74) is 2.43. The zero-order valence-electron chi connectivity index (χ0n) is 8.39. The summed E-state index contributed by atoms with van der Waals surface area (Å²) in [6, 6.07) is 6.69. The quantitative estimate of drug-likeness (QED) is 0.786. The predicted molar refractivity (Wildman–Crippen MR) is 58.4 cm³/mol. The number of nitrogens with one attached hydrogen (secondary N) is 1. The summed E-state index contributed by atoms with van der Waals surface area (Å²) in [7, 11) is 1.97. The number of halogens is 1. The fourth-order valence-electron chi connectivity index (χ4n) is 1.25.